The van der Waals surface area contributed by atoms with Crippen molar-refractivity contribution in [3.05, 3.63) is 12.7 Å². The summed E-state index contributed by atoms with van der Waals surface area (Å²) >= 11 is 0. The molecular weight excluding hydrogens is 152 g/mol. The second-order valence-corrected chi connectivity index (χ2v) is 3.67. The lowest BCUT2D eigenvalue weighted by atomic mass is 9.85. The molecule has 0 aliphatic heterocycles. The summed E-state index contributed by atoms with van der Waals surface area (Å²) in [6.45, 7) is 5.56. The highest BCUT2D eigenvalue weighted by Crippen LogP contribution is 2.39. The molecule has 3 atom stereocenters. The van der Waals surface area contributed by atoms with Crippen molar-refractivity contribution in [2.75, 3.05) is 0 Å². The lowest BCUT2D eigenvalue weighted by molar-refractivity contribution is -0.0188. The van der Waals surface area contributed by atoms with Crippen LogP contribution in [0.3, 0.4) is 0 Å². The third-order valence-corrected chi connectivity index (χ3v) is 2.97. The Morgan fingerprint density at radius 1 is 1.75 bits per heavy atom. The van der Waals surface area contributed by atoms with Gasteiger partial charge in [-0.25, -0.2) is 0 Å². The van der Waals surface area contributed by atoms with Gasteiger partial charge in [0.05, 0.1) is 11.7 Å². The predicted octanol–water partition coefficient (Wildman–Crippen LogP) is 1.47. The Bertz CT molecular complexity index is 167. The minimum absolute atomic E-state index is 0.000000000000000444. The van der Waals surface area contributed by atoms with Crippen LogP contribution in [0.25, 0.3) is 0 Å². The molecule has 1 aliphatic rings. The topological polar surface area (TPSA) is 40.5 Å². The van der Waals surface area contributed by atoms with Crippen LogP contribution < -0.4 is 0 Å². The normalized spacial score (nSPS) is 38.1. The second-order valence-electron chi connectivity index (χ2n) is 3.67. The van der Waals surface area contributed by atoms with Crippen molar-refractivity contribution in [3.63, 3.8) is 0 Å². The maximum atomic E-state index is 9.98. The van der Waals surface area contributed by atoms with Crippen molar-refractivity contribution in [2.45, 2.75) is 44.3 Å². The molecule has 1 aliphatic carbocycles. The van der Waals surface area contributed by atoms with E-state index in [0.29, 0.717) is 6.42 Å². The first-order chi connectivity index (χ1) is 5.64. The predicted molar refractivity (Wildman–Crippen MR) is 48.8 cm³/mol. The van der Waals surface area contributed by atoms with Gasteiger partial charge in [0.15, 0.2) is 0 Å². The number of hydrogen-bond acceptors (Lipinski definition) is 2. The van der Waals surface area contributed by atoms with E-state index >= 15 is 0 Å². The van der Waals surface area contributed by atoms with Crippen molar-refractivity contribution >= 4 is 0 Å². The molecule has 0 spiro atoms. The third-order valence-electron chi connectivity index (χ3n) is 2.97. The van der Waals surface area contributed by atoms with Gasteiger partial charge in [0.1, 0.15) is 0 Å². The summed E-state index contributed by atoms with van der Waals surface area (Å²) in [6.07, 6.45) is 4.57. The second kappa shape index (κ2) is 3.58. The lowest BCUT2D eigenvalue weighted by Gasteiger charge is -2.29. The van der Waals surface area contributed by atoms with Crippen molar-refractivity contribution in [3.8, 4) is 0 Å². The van der Waals surface area contributed by atoms with E-state index in [9.17, 15) is 10.2 Å². The molecule has 1 rings (SSSR count). The average molecular weight is 170 g/mol. The maximum absolute atomic E-state index is 9.98. The van der Waals surface area contributed by atoms with Crippen LogP contribution in [0.15, 0.2) is 12.7 Å². The van der Waals surface area contributed by atoms with E-state index in [2.05, 4.69) is 6.58 Å². The fraction of sp³-hybridized carbons (Fsp3) is 0.800. The molecule has 0 radical (unpaired) electrons. The third kappa shape index (κ3) is 1.54. The zero-order chi connectivity index (χ0) is 9.19. The monoisotopic (exact) mass is 170 g/mol. The molecule has 0 saturated heterocycles. The molecule has 0 aromatic heterocycles. The van der Waals surface area contributed by atoms with Crippen LogP contribution in [0.2, 0.25) is 0 Å². The van der Waals surface area contributed by atoms with Crippen molar-refractivity contribution in [1.29, 1.82) is 0 Å². The van der Waals surface area contributed by atoms with Crippen molar-refractivity contribution in [1.82, 2.24) is 0 Å². The maximum Gasteiger partial charge on any atom is 0.0877 e. The summed E-state index contributed by atoms with van der Waals surface area (Å²) < 4.78 is 0. The van der Waals surface area contributed by atoms with Gasteiger partial charge in [-0.1, -0.05) is 13.0 Å². The molecule has 0 bridgehead atoms. The highest BCUT2D eigenvalue weighted by molar-refractivity contribution is 5.06. The first-order valence-electron chi connectivity index (χ1n) is 4.68. The molecule has 70 valence electrons. The molecule has 2 nitrogen and oxygen atoms in total. The first-order valence-corrected chi connectivity index (χ1v) is 4.68. The summed E-state index contributed by atoms with van der Waals surface area (Å²) in [5, 5.41) is 19.6. The minimum Gasteiger partial charge on any atom is -0.393 e. The summed E-state index contributed by atoms with van der Waals surface area (Å²) in [6, 6.07) is 0. The molecule has 0 aromatic carbocycles. The van der Waals surface area contributed by atoms with Gasteiger partial charge in [0, 0.05) is 5.92 Å². The van der Waals surface area contributed by atoms with E-state index in [1.54, 1.807) is 6.08 Å². The van der Waals surface area contributed by atoms with E-state index < -0.39 is 5.60 Å². The van der Waals surface area contributed by atoms with Gasteiger partial charge in [-0.15, -0.1) is 6.58 Å². The summed E-state index contributed by atoms with van der Waals surface area (Å²) in [4.78, 5) is 0. The van der Waals surface area contributed by atoms with Crippen LogP contribution in [0.4, 0.5) is 0 Å². The molecule has 3 unspecified atom stereocenters. The molecule has 1 saturated carbocycles. The molecule has 1 fully saturated rings. The van der Waals surface area contributed by atoms with Crippen LogP contribution in [0, 0.1) is 5.92 Å². The fourth-order valence-corrected chi connectivity index (χ4v) is 2.10. The van der Waals surface area contributed by atoms with Gasteiger partial charge in [-0.2, -0.15) is 0 Å². The fourth-order valence-electron chi connectivity index (χ4n) is 2.10. The molecule has 2 heteroatoms. The van der Waals surface area contributed by atoms with Crippen LogP contribution in [0.1, 0.15) is 32.6 Å². The van der Waals surface area contributed by atoms with Gasteiger partial charge >= 0.3 is 0 Å². The summed E-state index contributed by atoms with van der Waals surface area (Å²) in [5.74, 6) is -0.000000000000000444. The van der Waals surface area contributed by atoms with E-state index in [1.165, 1.54) is 0 Å². The standard InChI is InChI=1S/C10H18O2/c1-3-9(11)8-6-5-7-10(8,12)4-2/h4,8-9,11-12H,2-3,5-7H2,1H3. The molecule has 0 amide bonds. The Morgan fingerprint density at radius 3 is 2.92 bits per heavy atom. The van der Waals surface area contributed by atoms with Crippen molar-refractivity contribution < 1.29 is 10.2 Å². The van der Waals surface area contributed by atoms with Crippen LogP contribution >= 0.6 is 0 Å². The van der Waals surface area contributed by atoms with Crippen molar-refractivity contribution in [2.24, 2.45) is 5.92 Å². The first kappa shape index (κ1) is 9.75. The Balaban J connectivity index is 2.69. The van der Waals surface area contributed by atoms with Crippen LogP contribution in [-0.4, -0.2) is 21.9 Å². The number of rotatable bonds is 3. The van der Waals surface area contributed by atoms with Gasteiger partial charge in [-0.05, 0) is 25.7 Å². The number of hydrogen-bond donors (Lipinski definition) is 2. The zero-order valence-electron chi connectivity index (χ0n) is 7.66. The van der Waals surface area contributed by atoms with E-state index in [1.807, 2.05) is 6.92 Å². The Hall–Kier alpha value is -0.340. The van der Waals surface area contributed by atoms with E-state index in [-0.39, 0.29) is 12.0 Å². The quantitative estimate of drug-likeness (QED) is 0.630. The van der Waals surface area contributed by atoms with E-state index in [0.717, 1.165) is 19.3 Å². The smallest absolute Gasteiger partial charge is 0.0877 e. The van der Waals surface area contributed by atoms with Gasteiger partial charge < -0.3 is 10.2 Å². The largest absolute Gasteiger partial charge is 0.393 e. The highest BCUT2D eigenvalue weighted by atomic mass is 16.3. The van der Waals surface area contributed by atoms with Gasteiger partial charge in [0.2, 0.25) is 0 Å². The average Bonchev–Trinajstić information content (AvgIpc) is 2.47. The molecule has 2 N–H and O–H groups in total. The SMILES string of the molecule is C=CC1(O)CCCC1C(O)CC. The molecule has 12 heavy (non-hydrogen) atoms. The van der Waals surface area contributed by atoms with Crippen LogP contribution in [-0.2, 0) is 0 Å². The molecule has 0 heterocycles. The number of aliphatic hydroxyl groups excluding tert-OH is 1. The zero-order valence-corrected chi connectivity index (χ0v) is 7.66. The lowest BCUT2D eigenvalue weighted by Crippen LogP contribution is -2.37. The summed E-state index contributed by atoms with van der Waals surface area (Å²) in [7, 11) is 0. The Kier molecular flexibility index (Phi) is 2.91. The van der Waals surface area contributed by atoms with E-state index in [4.69, 9.17) is 0 Å². The molecular formula is C10H18O2. The van der Waals surface area contributed by atoms with Gasteiger partial charge in [-0.3, -0.25) is 0 Å². The Labute approximate surface area is 73.9 Å². The minimum atomic E-state index is -0.810. The number of aliphatic hydroxyl groups is 2. The Morgan fingerprint density at radius 2 is 2.42 bits per heavy atom. The highest BCUT2D eigenvalue weighted by Gasteiger charge is 2.41. The van der Waals surface area contributed by atoms with Crippen LogP contribution in [0.5, 0.6) is 0 Å². The van der Waals surface area contributed by atoms with Gasteiger partial charge in [0.25, 0.3) is 0 Å². The summed E-state index contributed by atoms with van der Waals surface area (Å²) in [5.41, 5.74) is -0.810. The molecule has 0 aromatic rings.